The number of hydrogen-bond acceptors (Lipinski definition) is 5. The lowest BCUT2D eigenvalue weighted by Crippen LogP contribution is -2.25. The van der Waals surface area contributed by atoms with Crippen LogP contribution in [0.3, 0.4) is 0 Å². The van der Waals surface area contributed by atoms with Gasteiger partial charge in [-0.05, 0) is 55.0 Å². The van der Waals surface area contributed by atoms with Gasteiger partial charge < -0.3 is 10.1 Å². The zero-order valence-corrected chi connectivity index (χ0v) is 25.9. The highest BCUT2D eigenvalue weighted by Crippen LogP contribution is 2.34. The maximum Gasteiger partial charge on any atom is 0.345 e. The van der Waals surface area contributed by atoms with Gasteiger partial charge in [0.05, 0.1) is 33.2 Å². The Morgan fingerprint density at radius 3 is 2.45 bits per heavy atom. The molecule has 0 spiro atoms. The number of carbonyl (C=O) groups is 2. The van der Waals surface area contributed by atoms with Crippen LogP contribution in [0.2, 0.25) is 15.1 Å². The molecule has 1 N–H and O–H groups in total. The molecule has 42 heavy (non-hydrogen) atoms. The van der Waals surface area contributed by atoms with Gasteiger partial charge in [0.25, 0.3) is 5.91 Å². The minimum Gasteiger partial charge on any atom is -0.421 e. The number of amides is 1. The SMILES string of the molecule is CCc1c(C(=O)NCc2ccncc2OC(=O)c2ccccc2Cl)nn(-c2ccc(Cl)cc2Cl)c1-c1ccc(Br)cc1. The summed E-state index contributed by atoms with van der Waals surface area (Å²) in [6.07, 6.45) is 3.49. The van der Waals surface area contributed by atoms with Crippen LogP contribution in [0.4, 0.5) is 0 Å². The Labute approximate surface area is 265 Å². The summed E-state index contributed by atoms with van der Waals surface area (Å²) in [7, 11) is 0. The first-order valence-electron chi connectivity index (χ1n) is 12.8. The molecule has 0 aliphatic carbocycles. The second-order valence-corrected chi connectivity index (χ2v) is 11.2. The third-order valence-electron chi connectivity index (χ3n) is 6.41. The molecule has 5 aromatic rings. The van der Waals surface area contributed by atoms with Gasteiger partial charge in [-0.3, -0.25) is 9.78 Å². The van der Waals surface area contributed by atoms with Gasteiger partial charge in [0, 0.05) is 38.9 Å². The van der Waals surface area contributed by atoms with Gasteiger partial charge in [-0.15, -0.1) is 0 Å². The lowest BCUT2D eigenvalue weighted by Gasteiger charge is -2.11. The Balaban J connectivity index is 1.47. The minimum atomic E-state index is -0.632. The van der Waals surface area contributed by atoms with Crippen molar-refractivity contribution >= 4 is 62.6 Å². The number of esters is 1. The van der Waals surface area contributed by atoms with Crippen LogP contribution in [0.5, 0.6) is 5.75 Å². The molecule has 0 atom stereocenters. The molecule has 3 aromatic carbocycles. The Morgan fingerprint density at radius 1 is 0.976 bits per heavy atom. The summed E-state index contributed by atoms with van der Waals surface area (Å²) in [6.45, 7) is 2.01. The molecule has 11 heteroatoms. The molecule has 0 bridgehead atoms. The average Bonchev–Trinajstić information content (AvgIpc) is 3.36. The first-order chi connectivity index (χ1) is 20.3. The van der Waals surface area contributed by atoms with Gasteiger partial charge in [0.15, 0.2) is 11.4 Å². The van der Waals surface area contributed by atoms with Crippen LogP contribution >= 0.6 is 50.7 Å². The lowest BCUT2D eigenvalue weighted by atomic mass is 10.0. The second-order valence-electron chi connectivity index (χ2n) is 9.08. The van der Waals surface area contributed by atoms with Gasteiger partial charge in [0.1, 0.15) is 0 Å². The summed E-state index contributed by atoms with van der Waals surface area (Å²) in [6, 6.07) is 21.1. The van der Waals surface area contributed by atoms with Gasteiger partial charge in [0.2, 0.25) is 0 Å². The van der Waals surface area contributed by atoms with Gasteiger partial charge in [-0.1, -0.05) is 81.9 Å². The molecule has 2 aromatic heterocycles. The number of carbonyl (C=O) groups excluding carboxylic acids is 2. The summed E-state index contributed by atoms with van der Waals surface area (Å²) in [5, 5.41) is 8.78. The fraction of sp³-hybridized carbons (Fsp3) is 0.0968. The summed E-state index contributed by atoms with van der Waals surface area (Å²) in [5.41, 5.74) is 3.91. The van der Waals surface area contributed by atoms with Crippen LogP contribution in [-0.4, -0.2) is 26.6 Å². The van der Waals surface area contributed by atoms with E-state index in [0.717, 1.165) is 21.3 Å². The molecule has 0 fully saturated rings. The van der Waals surface area contributed by atoms with E-state index in [0.29, 0.717) is 27.7 Å². The van der Waals surface area contributed by atoms with Crippen molar-refractivity contribution in [2.45, 2.75) is 19.9 Å². The van der Waals surface area contributed by atoms with E-state index < -0.39 is 11.9 Å². The van der Waals surface area contributed by atoms with E-state index in [-0.39, 0.29) is 28.6 Å². The number of rotatable bonds is 8. The number of nitrogens with one attached hydrogen (secondary N) is 1. The average molecular weight is 685 g/mol. The smallest absolute Gasteiger partial charge is 0.345 e. The molecule has 2 heterocycles. The lowest BCUT2D eigenvalue weighted by molar-refractivity contribution is 0.0732. The van der Waals surface area contributed by atoms with E-state index in [2.05, 4.69) is 26.2 Å². The fourth-order valence-electron chi connectivity index (χ4n) is 4.39. The Bertz CT molecular complexity index is 1790. The normalized spacial score (nSPS) is 10.9. The molecule has 0 aliphatic rings. The first kappa shape index (κ1) is 29.8. The molecule has 0 radical (unpaired) electrons. The number of hydrogen-bond donors (Lipinski definition) is 1. The zero-order valence-electron chi connectivity index (χ0n) is 22.1. The Kier molecular flexibility index (Phi) is 9.28. The molecule has 0 saturated heterocycles. The second kappa shape index (κ2) is 13.1. The van der Waals surface area contributed by atoms with E-state index >= 15 is 0 Å². The van der Waals surface area contributed by atoms with Crippen LogP contribution in [-0.2, 0) is 13.0 Å². The molecular formula is C31H22BrCl3N4O3. The quantitative estimate of drug-likeness (QED) is 0.166. The summed E-state index contributed by atoms with van der Waals surface area (Å²) in [4.78, 5) is 30.4. The topological polar surface area (TPSA) is 86.1 Å². The van der Waals surface area contributed by atoms with Crippen LogP contribution in [0.15, 0.2) is 89.7 Å². The summed E-state index contributed by atoms with van der Waals surface area (Å²) >= 11 is 22.4. The number of benzene rings is 3. The van der Waals surface area contributed by atoms with Crippen molar-refractivity contribution in [2.75, 3.05) is 0 Å². The molecule has 7 nitrogen and oxygen atoms in total. The third-order valence-corrected chi connectivity index (χ3v) is 7.81. The maximum absolute atomic E-state index is 13.6. The van der Waals surface area contributed by atoms with Crippen LogP contribution < -0.4 is 10.1 Å². The Morgan fingerprint density at radius 2 is 1.74 bits per heavy atom. The van der Waals surface area contributed by atoms with Gasteiger partial charge in [-0.25, -0.2) is 9.48 Å². The van der Waals surface area contributed by atoms with Crippen LogP contribution in [0.25, 0.3) is 16.9 Å². The first-order valence-corrected chi connectivity index (χ1v) is 14.7. The number of halogens is 4. The van der Waals surface area contributed by atoms with Crippen molar-refractivity contribution < 1.29 is 14.3 Å². The predicted molar refractivity (Wildman–Crippen MR) is 168 cm³/mol. The standard InChI is InChI=1S/C31H22BrCl3N4O3/c1-2-22-28(38-39(26-12-11-21(33)15-25(26)35)29(22)18-7-9-20(32)10-8-18)30(40)37-16-19-13-14-36-17-27(19)42-31(41)23-5-3-4-6-24(23)34/h3-15,17H,2,16H2,1H3,(H,37,40). The Hall–Kier alpha value is -3.69. The van der Waals surface area contributed by atoms with Crippen molar-refractivity contribution in [3.05, 3.63) is 127 Å². The molecular weight excluding hydrogens is 663 g/mol. The zero-order chi connectivity index (χ0) is 29.8. The van der Waals surface area contributed by atoms with Crippen LogP contribution in [0, 0.1) is 0 Å². The van der Waals surface area contributed by atoms with Crippen molar-refractivity contribution in [1.82, 2.24) is 20.1 Å². The molecule has 1 amide bonds. The predicted octanol–water partition coefficient (Wildman–Crippen LogP) is 8.37. The van der Waals surface area contributed by atoms with Crippen molar-refractivity contribution in [3.8, 4) is 22.7 Å². The fourth-order valence-corrected chi connectivity index (χ4v) is 5.35. The van der Waals surface area contributed by atoms with Crippen molar-refractivity contribution in [1.29, 1.82) is 0 Å². The van der Waals surface area contributed by atoms with E-state index in [1.165, 1.54) is 6.20 Å². The number of nitrogens with zero attached hydrogens (tertiary/aromatic N) is 3. The number of pyridine rings is 1. The molecule has 212 valence electrons. The van der Waals surface area contributed by atoms with E-state index in [1.54, 1.807) is 59.4 Å². The summed E-state index contributed by atoms with van der Waals surface area (Å²) < 4.78 is 8.16. The highest BCUT2D eigenvalue weighted by atomic mass is 79.9. The largest absolute Gasteiger partial charge is 0.421 e. The highest BCUT2D eigenvalue weighted by molar-refractivity contribution is 9.10. The van der Waals surface area contributed by atoms with Crippen molar-refractivity contribution in [2.24, 2.45) is 0 Å². The van der Waals surface area contributed by atoms with Gasteiger partial charge in [-0.2, -0.15) is 5.10 Å². The third kappa shape index (κ3) is 6.37. The monoisotopic (exact) mass is 682 g/mol. The number of aromatic nitrogens is 3. The summed E-state index contributed by atoms with van der Waals surface area (Å²) in [5.74, 6) is -0.839. The van der Waals surface area contributed by atoms with E-state index in [4.69, 9.17) is 44.6 Å². The van der Waals surface area contributed by atoms with E-state index in [9.17, 15) is 9.59 Å². The van der Waals surface area contributed by atoms with E-state index in [1.807, 2.05) is 31.2 Å². The maximum atomic E-state index is 13.6. The number of ether oxygens (including phenoxy) is 1. The molecule has 5 rings (SSSR count). The molecule has 0 saturated carbocycles. The highest BCUT2D eigenvalue weighted by Gasteiger charge is 2.25. The van der Waals surface area contributed by atoms with Gasteiger partial charge >= 0.3 is 5.97 Å². The van der Waals surface area contributed by atoms with Crippen molar-refractivity contribution in [3.63, 3.8) is 0 Å². The molecule has 0 unspecified atom stereocenters. The van der Waals surface area contributed by atoms with Crippen LogP contribution in [0.1, 0.15) is 38.9 Å². The molecule has 0 aliphatic heterocycles. The minimum absolute atomic E-state index is 0.0534.